The first kappa shape index (κ1) is 14.1. The summed E-state index contributed by atoms with van der Waals surface area (Å²) < 4.78 is 13.5. The molecule has 0 saturated carbocycles. The van der Waals surface area contributed by atoms with E-state index >= 15 is 0 Å². The number of halogens is 1. The maximum Gasteiger partial charge on any atom is 0.129 e. The molecule has 1 rings (SSSR count). The van der Waals surface area contributed by atoms with Gasteiger partial charge in [0.25, 0.3) is 0 Å². The number of aliphatic hydroxyl groups excluding tert-OH is 1. The van der Waals surface area contributed by atoms with Gasteiger partial charge in [0, 0.05) is 18.2 Å². The monoisotopic (exact) mass is 239 g/mol. The van der Waals surface area contributed by atoms with Crippen molar-refractivity contribution < 1.29 is 9.50 Å². The zero-order chi connectivity index (χ0) is 13.0. The summed E-state index contributed by atoms with van der Waals surface area (Å²) in [6.45, 7) is 6.83. The molecule has 0 aromatic heterocycles. The van der Waals surface area contributed by atoms with Crippen LogP contribution in [0.5, 0.6) is 0 Å². The Morgan fingerprint density at radius 2 is 1.82 bits per heavy atom. The molecule has 96 valence electrons. The third-order valence-corrected chi connectivity index (χ3v) is 3.39. The van der Waals surface area contributed by atoms with Gasteiger partial charge in [0.2, 0.25) is 0 Å². The summed E-state index contributed by atoms with van der Waals surface area (Å²) in [5.41, 5.74) is 0.371. The lowest BCUT2D eigenvalue weighted by Gasteiger charge is -2.29. The van der Waals surface area contributed by atoms with Gasteiger partial charge in [-0.15, -0.1) is 0 Å². The summed E-state index contributed by atoms with van der Waals surface area (Å²) in [5, 5.41) is 10.0. The van der Waals surface area contributed by atoms with Crippen molar-refractivity contribution in [1.29, 1.82) is 0 Å². The van der Waals surface area contributed by atoms with Crippen LogP contribution < -0.4 is 0 Å². The molecule has 0 aliphatic rings. The minimum atomic E-state index is -0.776. The highest BCUT2D eigenvalue weighted by molar-refractivity contribution is 5.20. The van der Waals surface area contributed by atoms with Gasteiger partial charge >= 0.3 is 0 Å². The largest absolute Gasteiger partial charge is 0.387 e. The lowest BCUT2D eigenvalue weighted by atomic mass is 10.0. The van der Waals surface area contributed by atoms with Gasteiger partial charge in [-0.3, -0.25) is 0 Å². The Labute approximate surface area is 103 Å². The molecule has 1 aromatic rings. The molecule has 2 unspecified atom stereocenters. The number of hydrogen-bond donors (Lipinski definition) is 1. The lowest BCUT2D eigenvalue weighted by Crippen LogP contribution is -2.36. The van der Waals surface area contributed by atoms with Gasteiger partial charge in [-0.1, -0.05) is 32.0 Å². The molecule has 2 atom stereocenters. The summed E-state index contributed by atoms with van der Waals surface area (Å²) >= 11 is 0. The highest BCUT2D eigenvalue weighted by atomic mass is 19.1. The highest BCUT2D eigenvalue weighted by Gasteiger charge is 2.19. The van der Waals surface area contributed by atoms with Crippen LogP contribution in [0.1, 0.15) is 32.4 Å². The Kier molecular flexibility index (Phi) is 5.09. The quantitative estimate of drug-likeness (QED) is 0.854. The van der Waals surface area contributed by atoms with E-state index < -0.39 is 6.10 Å². The van der Waals surface area contributed by atoms with Crippen molar-refractivity contribution >= 4 is 0 Å². The maximum atomic E-state index is 13.5. The fraction of sp³-hybridized carbons (Fsp3) is 0.571. The van der Waals surface area contributed by atoms with Gasteiger partial charge in [-0.25, -0.2) is 4.39 Å². The Morgan fingerprint density at radius 1 is 1.24 bits per heavy atom. The van der Waals surface area contributed by atoms with Crippen LogP contribution >= 0.6 is 0 Å². The van der Waals surface area contributed by atoms with Crippen LogP contribution in [0, 0.1) is 11.7 Å². The predicted molar refractivity (Wildman–Crippen MR) is 68.3 cm³/mol. The number of hydrogen-bond acceptors (Lipinski definition) is 2. The molecule has 17 heavy (non-hydrogen) atoms. The van der Waals surface area contributed by atoms with E-state index in [4.69, 9.17) is 0 Å². The molecule has 0 aliphatic carbocycles. The smallest absolute Gasteiger partial charge is 0.129 e. The molecule has 1 N–H and O–H groups in total. The maximum absolute atomic E-state index is 13.5. The standard InChI is InChI=1S/C14H22FNO/c1-10(2)11(3)16(4)9-14(17)12-7-5-6-8-13(12)15/h5-8,10-11,14,17H,9H2,1-4H3. The molecule has 0 radical (unpaired) electrons. The first-order chi connectivity index (χ1) is 7.93. The van der Waals surface area contributed by atoms with Gasteiger partial charge < -0.3 is 10.0 Å². The van der Waals surface area contributed by atoms with E-state index in [-0.39, 0.29) is 5.82 Å². The molecule has 0 fully saturated rings. The van der Waals surface area contributed by atoms with Crippen LogP contribution in [0.3, 0.4) is 0 Å². The zero-order valence-corrected chi connectivity index (χ0v) is 11.0. The Morgan fingerprint density at radius 3 is 2.35 bits per heavy atom. The van der Waals surface area contributed by atoms with E-state index in [2.05, 4.69) is 25.7 Å². The summed E-state index contributed by atoms with van der Waals surface area (Å²) in [4.78, 5) is 2.06. The molecule has 1 aromatic carbocycles. The molecule has 0 saturated heterocycles. The number of benzene rings is 1. The van der Waals surface area contributed by atoms with Gasteiger partial charge in [0.1, 0.15) is 5.82 Å². The second-order valence-electron chi connectivity index (χ2n) is 4.96. The Hall–Kier alpha value is -0.930. The first-order valence-corrected chi connectivity index (χ1v) is 6.06. The average molecular weight is 239 g/mol. The molecule has 0 spiro atoms. The van der Waals surface area contributed by atoms with Crippen LogP contribution in [0.2, 0.25) is 0 Å². The normalized spacial score (nSPS) is 15.3. The van der Waals surface area contributed by atoms with Crippen LogP contribution in [0.25, 0.3) is 0 Å². The predicted octanol–water partition coefficient (Wildman–Crippen LogP) is 2.84. The van der Waals surface area contributed by atoms with Crippen molar-refractivity contribution in [2.75, 3.05) is 13.6 Å². The minimum Gasteiger partial charge on any atom is -0.387 e. The van der Waals surface area contributed by atoms with Crippen LogP contribution in [0.15, 0.2) is 24.3 Å². The SMILES string of the molecule is CC(C)C(C)N(C)CC(O)c1ccccc1F. The minimum absolute atomic E-state index is 0.342. The Bertz CT molecular complexity index is 354. The van der Waals surface area contributed by atoms with Crippen LogP contribution in [-0.4, -0.2) is 29.6 Å². The van der Waals surface area contributed by atoms with E-state index in [0.717, 1.165) is 0 Å². The summed E-state index contributed by atoms with van der Waals surface area (Å²) in [7, 11) is 1.95. The van der Waals surface area contributed by atoms with Gasteiger partial charge in [0.15, 0.2) is 0 Å². The fourth-order valence-electron chi connectivity index (χ4n) is 1.79. The van der Waals surface area contributed by atoms with E-state index in [9.17, 15) is 9.50 Å². The number of rotatable bonds is 5. The zero-order valence-electron chi connectivity index (χ0n) is 11.0. The van der Waals surface area contributed by atoms with E-state index in [1.807, 2.05) is 7.05 Å². The third kappa shape index (κ3) is 3.79. The second kappa shape index (κ2) is 6.12. The summed E-state index contributed by atoms with van der Waals surface area (Å²) in [6, 6.07) is 6.74. The summed E-state index contributed by atoms with van der Waals surface area (Å²) in [6.07, 6.45) is -0.776. The third-order valence-electron chi connectivity index (χ3n) is 3.39. The number of nitrogens with zero attached hydrogens (tertiary/aromatic N) is 1. The topological polar surface area (TPSA) is 23.5 Å². The van der Waals surface area contributed by atoms with Crippen molar-refractivity contribution in [3.05, 3.63) is 35.6 Å². The molecule has 0 amide bonds. The average Bonchev–Trinajstić information content (AvgIpc) is 2.28. The molecule has 0 bridgehead atoms. The molecule has 3 heteroatoms. The molecular formula is C14H22FNO. The molecule has 0 heterocycles. The second-order valence-corrected chi connectivity index (χ2v) is 4.96. The van der Waals surface area contributed by atoms with Gasteiger partial charge in [-0.2, -0.15) is 0 Å². The number of likely N-dealkylation sites (N-methyl/N-ethyl adjacent to an activating group) is 1. The molecule has 0 aliphatic heterocycles. The number of aliphatic hydroxyl groups is 1. The fourth-order valence-corrected chi connectivity index (χ4v) is 1.79. The van der Waals surface area contributed by atoms with Crippen molar-refractivity contribution in [2.24, 2.45) is 5.92 Å². The van der Waals surface area contributed by atoms with Gasteiger partial charge in [0.05, 0.1) is 6.10 Å². The van der Waals surface area contributed by atoms with E-state index in [1.54, 1.807) is 18.2 Å². The highest BCUT2D eigenvalue weighted by Crippen LogP contribution is 2.19. The van der Waals surface area contributed by atoms with Crippen LogP contribution in [-0.2, 0) is 0 Å². The van der Waals surface area contributed by atoms with E-state index in [0.29, 0.717) is 24.1 Å². The summed E-state index contributed by atoms with van der Waals surface area (Å²) in [5.74, 6) is 0.165. The molecule has 2 nitrogen and oxygen atoms in total. The lowest BCUT2D eigenvalue weighted by molar-refractivity contribution is 0.0930. The van der Waals surface area contributed by atoms with Crippen molar-refractivity contribution in [2.45, 2.75) is 32.9 Å². The van der Waals surface area contributed by atoms with Crippen molar-refractivity contribution in [3.63, 3.8) is 0 Å². The first-order valence-electron chi connectivity index (χ1n) is 6.06. The Balaban J connectivity index is 2.67. The molecular weight excluding hydrogens is 217 g/mol. The van der Waals surface area contributed by atoms with Crippen molar-refractivity contribution in [3.8, 4) is 0 Å². The van der Waals surface area contributed by atoms with Crippen molar-refractivity contribution in [1.82, 2.24) is 4.90 Å². The van der Waals surface area contributed by atoms with E-state index in [1.165, 1.54) is 6.07 Å². The van der Waals surface area contributed by atoms with Crippen LogP contribution in [0.4, 0.5) is 4.39 Å². The van der Waals surface area contributed by atoms with Gasteiger partial charge in [-0.05, 0) is 26.0 Å².